The van der Waals surface area contributed by atoms with Gasteiger partial charge in [0.2, 0.25) is 5.91 Å². The number of anilines is 1. The zero-order valence-electron chi connectivity index (χ0n) is 9.63. The highest BCUT2D eigenvalue weighted by Gasteiger charge is 2.60. The van der Waals surface area contributed by atoms with Crippen LogP contribution in [0.25, 0.3) is 0 Å². The molecule has 2 aliphatic heterocycles. The maximum absolute atomic E-state index is 12.4. The van der Waals surface area contributed by atoms with Crippen LogP contribution in [-0.2, 0) is 9.59 Å². The summed E-state index contributed by atoms with van der Waals surface area (Å²) >= 11 is 6.04. The molecule has 0 spiro atoms. The van der Waals surface area contributed by atoms with Crippen molar-refractivity contribution < 1.29 is 9.59 Å². The Morgan fingerprint density at radius 3 is 2.78 bits per heavy atom. The average molecular weight is 264 g/mol. The predicted octanol–water partition coefficient (Wildman–Crippen LogP) is 2.05. The normalized spacial score (nSPS) is 30.1. The monoisotopic (exact) mass is 263 g/mol. The van der Waals surface area contributed by atoms with Gasteiger partial charge in [-0.05, 0) is 19.1 Å². The number of benzene rings is 1. The molecule has 2 amide bonds. The van der Waals surface area contributed by atoms with Gasteiger partial charge >= 0.3 is 0 Å². The lowest BCUT2D eigenvalue weighted by Gasteiger charge is -2.17. The van der Waals surface area contributed by atoms with Gasteiger partial charge in [0.05, 0.1) is 23.2 Å². The largest absolute Gasteiger partial charge is 0.274 e. The Balaban J connectivity index is 2.11. The van der Waals surface area contributed by atoms with Gasteiger partial charge in [0, 0.05) is 0 Å². The van der Waals surface area contributed by atoms with E-state index in [0.29, 0.717) is 10.7 Å². The third-order valence-corrected chi connectivity index (χ3v) is 3.79. The van der Waals surface area contributed by atoms with Crippen LogP contribution >= 0.6 is 11.6 Å². The second kappa shape index (κ2) is 3.62. The molecule has 2 atom stereocenters. The number of fused-ring (bicyclic) bond motifs is 1. The Bertz CT molecular complexity index is 586. The van der Waals surface area contributed by atoms with Crippen molar-refractivity contribution in [3.63, 3.8) is 0 Å². The number of hydrogen-bond donors (Lipinski definition) is 0. The molecule has 0 aromatic heterocycles. The number of azo groups is 1. The van der Waals surface area contributed by atoms with Crippen LogP contribution in [0.3, 0.4) is 0 Å². The van der Waals surface area contributed by atoms with Crippen LogP contribution in [0.15, 0.2) is 34.5 Å². The fourth-order valence-corrected chi connectivity index (χ4v) is 2.59. The molecule has 2 unspecified atom stereocenters. The minimum Gasteiger partial charge on any atom is -0.274 e. The summed E-state index contributed by atoms with van der Waals surface area (Å²) in [7, 11) is 0. The first-order valence-electron chi connectivity index (χ1n) is 5.57. The molecule has 1 aromatic rings. The number of halogens is 1. The van der Waals surface area contributed by atoms with E-state index in [0.717, 1.165) is 4.90 Å². The van der Waals surface area contributed by atoms with Gasteiger partial charge in [-0.3, -0.25) is 9.59 Å². The van der Waals surface area contributed by atoms with E-state index in [9.17, 15) is 9.59 Å². The van der Waals surface area contributed by atoms with Gasteiger partial charge in [0.1, 0.15) is 0 Å². The topological polar surface area (TPSA) is 62.1 Å². The molecule has 0 saturated carbocycles. The number of imide groups is 1. The summed E-state index contributed by atoms with van der Waals surface area (Å²) < 4.78 is 0. The third kappa shape index (κ3) is 1.28. The molecule has 92 valence electrons. The fraction of sp³-hybridized carbons (Fsp3) is 0.333. The molecule has 2 heterocycles. The van der Waals surface area contributed by atoms with E-state index in [-0.39, 0.29) is 18.4 Å². The summed E-state index contributed by atoms with van der Waals surface area (Å²) in [4.78, 5) is 25.8. The van der Waals surface area contributed by atoms with Gasteiger partial charge in [0.15, 0.2) is 5.54 Å². The molecule has 18 heavy (non-hydrogen) atoms. The van der Waals surface area contributed by atoms with E-state index in [2.05, 4.69) is 10.2 Å². The highest BCUT2D eigenvalue weighted by Crippen LogP contribution is 2.41. The Labute approximate surface area is 108 Å². The molecule has 1 saturated heterocycles. The molecule has 0 aliphatic carbocycles. The first kappa shape index (κ1) is 11.3. The number of para-hydroxylation sites is 1. The molecule has 1 fully saturated rings. The second-order valence-electron chi connectivity index (χ2n) is 4.55. The molecule has 0 bridgehead atoms. The number of carbonyl (C=O) groups excluding carboxylic acids is 2. The third-order valence-electron chi connectivity index (χ3n) is 3.47. The lowest BCUT2D eigenvalue weighted by atomic mass is 9.90. The number of amides is 2. The van der Waals surface area contributed by atoms with Crippen molar-refractivity contribution in [3.8, 4) is 0 Å². The molecule has 6 heteroatoms. The van der Waals surface area contributed by atoms with E-state index in [1.807, 2.05) is 0 Å². The van der Waals surface area contributed by atoms with Gasteiger partial charge in [-0.25, -0.2) is 4.90 Å². The summed E-state index contributed by atoms with van der Waals surface area (Å²) in [5, 5.41) is 8.13. The smallest absolute Gasteiger partial charge is 0.264 e. The maximum atomic E-state index is 12.4. The van der Waals surface area contributed by atoms with E-state index < -0.39 is 11.5 Å². The van der Waals surface area contributed by atoms with Crippen LogP contribution in [0.2, 0.25) is 5.02 Å². The first-order valence-corrected chi connectivity index (χ1v) is 5.95. The highest BCUT2D eigenvalue weighted by molar-refractivity contribution is 6.36. The average Bonchev–Trinajstić information content (AvgIpc) is 2.81. The van der Waals surface area contributed by atoms with Crippen LogP contribution in [0, 0.1) is 5.92 Å². The van der Waals surface area contributed by atoms with E-state index >= 15 is 0 Å². The summed E-state index contributed by atoms with van der Waals surface area (Å²) in [6.07, 6.45) is 0. The molecule has 3 rings (SSSR count). The lowest BCUT2D eigenvalue weighted by Crippen LogP contribution is -2.37. The summed E-state index contributed by atoms with van der Waals surface area (Å²) in [5.41, 5.74) is -0.643. The first-order chi connectivity index (χ1) is 8.55. The van der Waals surface area contributed by atoms with Gasteiger partial charge in [0.25, 0.3) is 5.91 Å². The second-order valence-corrected chi connectivity index (χ2v) is 4.96. The molecule has 2 aliphatic rings. The number of carbonyl (C=O) groups is 2. The van der Waals surface area contributed by atoms with Crippen molar-refractivity contribution in [2.75, 3.05) is 11.4 Å². The highest BCUT2D eigenvalue weighted by atomic mass is 35.5. The Hall–Kier alpha value is -1.75. The lowest BCUT2D eigenvalue weighted by molar-refractivity contribution is -0.122. The van der Waals surface area contributed by atoms with Gasteiger partial charge < -0.3 is 0 Å². The molecule has 1 aromatic carbocycles. The molecule has 0 radical (unpaired) electrons. The fourth-order valence-electron chi connectivity index (χ4n) is 2.37. The van der Waals surface area contributed by atoms with E-state index in [4.69, 9.17) is 11.6 Å². The summed E-state index contributed by atoms with van der Waals surface area (Å²) in [5.74, 6) is -1.13. The Kier molecular flexibility index (Phi) is 2.28. The van der Waals surface area contributed by atoms with Gasteiger partial charge in [-0.2, -0.15) is 10.2 Å². The van der Waals surface area contributed by atoms with E-state index in [1.165, 1.54) is 0 Å². The Morgan fingerprint density at radius 1 is 1.39 bits per heavy atom. The predicted molar refractivity (Wildman–Crippen MR) is 65.6 cm³/mol. The van der Waals surface area contributed by atoms with Crippen molar-refractivity contribution in [1.82, 2.24) is 0 Å². The molecule has 0 N–H and O–H groups in total. The van der Waals surface area contributed by atoms with Gasteiger partial charge in [-0.1, -0.05) is 23.7 Å². The van der Waals surface area contributed by atoms with Crippen LogP contribution in [0.5, 0.6) is 0 Å². The van der Waals surface area contributed by atoms with Crippen LogP contribution in [0.4, 0.5) is 5.69 Å². The van der Waals surface area contributed by atoms with Crippen molar-refractivity contribution in [1.29, 1.82) is 0 Å². The Morgan fingerprint density at radius 2 is 2.11 bits per heavy atom. The SMILES string of the molecule is CC12N=NCC1C(=O)N(c1ccccc1Cl)C2=O. The molecule has 5 nitrogen and oxygen atoms in total. The number of nitrogens with zero attached hydrogens (tertiary/aromatic N) is 3. The number of rotatable bonds is 1. The van der Waals surface area contributed by atoms with Gasteiger partial charge in [-0.15, -0.1) is 0 Å². The quantitative estimate of drug-likeness (QED) is 0.728. The minimum absolute atomic E-state index is 0.266. The van der Waals surface area contributed by atoms with Crippen molar-refractivity contribution in [3.05, 3.63) is 29.3 Å². The summed E-state index contributed by atoms with van der Waals surface area (Å²) in [6.45, 7) is 1.91. The standard InChI is InChI=1S/C12H10ClN3O2/c1-12-7(6-14-15-12)10(17)16(11(12)18)9-5-3-2-4-8(9)13/h2-5,7H,6H2,1H3. The summed E-state index contributed by atoms with van der Waals surface area (Å²) in [6, 6.07) is 6.79. The maximum Gasteiger partial charge on any atom is 0.264 e. The van der Waals surface area contributed by atoms with Crippen molar-refractivity contribution in [2.45, 2.75) is 12.5 Å². The van der Waals surface area contributed by atoms with Crippen LogP contribution < -0.4 is 4.90 Å². The van der Waals surface area contributed by atoms with Crippen LogP contribution in [0.1, 0.15) is 6.92 Å². The zero-order valence-corrected chi connectivity index (χ0v) is 10.4. The molecular formula is C12H10ClN3O2. The van der Waals surface area contributed by atoms with Crippen molar-refractivity contribution in [2.24, 2.45) is 16.1 Å². The van der Waals surface area contributed by atoms with Crippen LogP contribution in [-0.4, -0.2) is 23.9 Å². The zero-order chi connectivity index (χ0) is 12.9. The number of hydrogen-bond acceptors (Lipinski definition) is 4. The van der Waals surface area contributed by atoms with Crippen molar-refractivity contribution >= 4 is 29.1 Å². The minimum atomic E-state index is -1.06. The van der Waals surface area contributed by atoms with E-state index in [1.54, 1.807) is 31.2 Å². The molecular weight excluding hydrogens is 254 g/mol.